The summed E-state index contributed by atoms with van der Waals surface area (Å²) in [5.41, 5.74) is 5.62. The van der Waals surface area contributed by atoms with Crippen LogP contribution >= 0.6 is 11.8 Å². The van der Waals surface area contributed by atoms with Crippen molar-refractivity contribution in [2.45, 2.75) is 31.8 Å². The molecule has 0 rings (SSSR count). The van der Waals surface area contributed by atoms with E-state index in [1.54, 1.807) is 0 Å². The molecule has 0 fully saturated rings. The highest BCUT2D eigenvalue weighted by molar-refractivity contribution is 7.98. The van der Waals surface area contributed by atoms with E-state index in [1.807, 2.05) is 11.8 Å². The molecule has 0 aromatic heterocycles. The number of thioether (sulfide) groups is 1. The molecule has 13 heavy (non-hydrogen) atoms. The highest BCUT2D eigenvalue weighted by atomic mass is 32.2. The van der Waals surface area contributed by atoms with Crippen LogP contribution in [0.25, 0.3) is 0 Å². The zero-order chi connectivity index (χ0) is 10.1. The second kappa shape index (κ2) is 8.81. The van der Waals surface area contributed by atoms with Crippen LogP contribution in [0.3, 0.4) is 0 Å². The largest absolute Gasteiger partial charge is 0.396 e. The Kier molecular flexibility index (Phi) is 8.97. The predicted octanol–water partition coefficient (Wildman–Crippen LogP) is 0.427. The van der Waals surface area contributed by atoms with E-state index in [0.717, 1.165) is 18.6 Å². The molecule has 0 radical (unpaired) electrons. The molecule has 3 nitrogen and oxygen atoms in total. The monoisotopic (exact) mass is 206 g/mol. The summed E-state index contributed by atoms with van der Waals surface area (Å²) in [7, 11) is 0. The molecule has 2 unspecified atom stereocenters. The maximum absolute atomic E-state index is 8.72. The van der Waals surface area contributed by atoms with Crippen molar-refractivity contribution >= 4 is 11.8 Å². The molecule has 0 bridgehead atoms. The molecule has 0 saturated carbocycles. The maximum atomic E-state index is 8.72. The molecule has 0 heterocycles. The van der Waals surface area contributed by atoms with Crippen molar-refractivity contribution in [1.82, 2.24) is 5.32 Å². The lowest BCUT2D eigenvalue weighted by Crippen LogP contribution is -2.42. The molecule has 0 amide bonds. The Morgan fingerprint density at radius 1 is 1.46 bits per heavy atom. The summed E-state index contributed by atoms with van der Waals surface area (Å²) >= 11 is 1.84. The van der Waals surface area contributed by atoms with Crippen LogP contribution in [0.5, 0.6) is 0 Å². The van der Waals surface area contributed by atoms with Crippen LogP contribution in [0.4, 0.5) is 0 Å². The topological polar surface area (TPSA) is 58.3 Å². The number of nitrogens with two attached hydrogens (primary N) is 1. The van der Waals surface area contributed by atoms with Crippen molar-refractivity contribution < 1.29 is 5.11 Å². The van der Waals surface area contributed by atoms with Crippen LogP contribution in [-0.4, -0.2) is 42.4 Å². The third-order valence-electron chi connectivity index (χ3n) is 2.04. The van der Waals surface area contributed by atoms with Crippen molar-refractivity contribution in [3.8, 4) is 0 Å². The van der Waals surface area contributed by atoms with E-state index in [-0.39, 0.29) is 6.61 Å². The normalized spacial score (nSPS) is 15.7. The average molecular weight is 206 g/mol. The lowest BCUT2D eigenvalue weighted by molar-refractivity contribution is 0.262. The van der Waals surface area contributed by atoms with Gasteiger partial charge in [0.25, 0.3) is 0 Å². The van der Waals surface area contributed by atoms with Crippen LogP contribution in [0.15, 0.2) is 0 Å². The van der Waals surface area contributed by atoms with Gasteiger partial charge in [0, 0.05) is 25.2 Å². The summed E-state index contributed by atoms with van der Waals surface area (Å²) in [6, 6.07) is 0.759. The first-order valence-corrected chi connectivity index (χ1v) is 6.19. The maximum Gasteiger partial charge on any atom is 0.0445 e. The van der Waals surface area contributed by atoms with Crippen molar-refractivity contribution in [2.75, 3.05) is 25.2 Å². The van der Waals surface area contributed by atoms with Gasteiger partial charge in [-0.2, -0.15) is 11.8 Å². The van der Waals surface area contributed by atoms with E-state index in [1.165, 1.54) is 0 Å². The Morgan fingerprint density at radius 3 is 2.62 bits per heavy atom. The molecule has 2 atom stereocenters. The third-order valence-corrected chi connectivity index (χ3v) is 2.68. The van der Waals surface area contributed by atoms with E-state index in [2.05, 4.69) is 18.5 Å². The smallest absolute Gasteiger partial charge is 0.0445 e. The Bertz CT molecular complexity index is 114. The van der Waals surface area contributed by atoms with Gasteiger partial charge in [0.05, 0.1) is 0 Å². The van der Waals surface area contributed by atoms with Crippen molar-refractivity contribution in [1.29, 1.82) is 0 Å². The number of rotatable bonds is 8. The van der Waals surface area contributed by atoms with Gasteiger partial charge in [0.1, 0.15) is 0 Å². The van der Waals surface area contributed by atoms with Gasteiger partial charge in [-0.15, -0.1) is 0 Å². The Hall–Kier alpha value is 0.230. The molecule has 4 heteroatoms. The van der Waals surface area contributed by atoms with Gasteiger partial charge in [0.15, 0.2) is 0 Å². The first kappa shape index (κ1) is 13.2. The standard InChI is InChI=1S/C9H22N2OS/c1-8(3-5-12)11-9(7-10)4-6-13-2/h8-9,11-12H,3-7,10H2,1-2H3. The number of aliphatic hydroxyl groups is 1. The molecular weight excluding hydrogens is 184 g/mol. The van der Waals surface area contributed by atoms with E-state index in [9.17, 15) is 0 Å². The summed E-state index contributed by atoms with van der Waals surface area (Å²) in [6.45, 7) is 3.00. The second-order valence-corrected chi connectivity index (χ2v) is 4.28. The fraction of sp³-hybridized carbons (Fsp3) is 1.00. The second-order valence-electron chi connectivity index (χ2n) is 3.29. The number of hydrogen-bond donors (Lipinski definition) is 3. The van der Waals surface area contributed by atoms with Gasteiger partial charge in [-0.25, -0.2) is 0 Å². The third kappa shape index (κ3) is 7.31. The first-order chi connectivity index (χ1) is 6.24. The summed E-state index contributed by atoms with van der Waals surface area (Å²) in [4.78, 5) is 0. The minimum absolute atomic E-state index is 0.244. The molecule has 0 aliphatic carbocycles. The van der Waals surface area contributed by atoms with Crippen molar-refractivity contribution in [3.05, 3.63) is 0 Å². The van der Waals surface area contributed by atoms with E-state index >= 15 is 0 Å². The Labute approximate surface area is 85.5 Å². The fourth-order valence-electron chi connectivity index (χ4n) is 1.21. The molecule has 0 aromatic rings. The summed E-state index contributed by atoms with van der Waals surface area (Å²) < 4.78 is 0. The minimum atomic E-state index is 0.244. The zero-order valence-electron chi connectivity index (χ0n) is 8.62. The highest BCUT2D eigenvalue weighted by Gasteiger charge is 2.09. The molecule has 80 valence electrons. The Morgan fingerprint density at radius 2 is 2.15 bits per heavy atom. The average Bonchev–Trinajstić information content (AvgIpc) is 2.12. The van der Waals surface area contributed by atoms with Crippen molar-refractivity contribution in [3.63, 3.8) is 0 Å². The molecule has 0 aromatic carbocycles. The van der Waals surface area contributed by atoms with Crippen LogP contribution in [0, 0.1) is 0 Å². The summed E-state index contributed by atoms with van der Waals surface area (Å²) in [5.74, 6) is 1.14. The van der Waals surface area contributed by atoms with Crippen LogP contribution in [-0.2, 0) is 0 Å². The van der Waals surface area contributed by atoms with Gasteiger partial charge in [-0.1, -0.05) is 0 Å². The van der Waals surface area contributed by atoms with Gasteiger partial charge >= 0.3 is 0 Å². The lowest BCUT2D eigenvalue weighted by atomic mass is 10.1. The minimum Gasteiger partial charge on any atom is -0.396 e. The van der Waals surface area contributed by atoms with Gasteiger partial charge in [-0.05, 0) is 31.8 Å². The lowest BCUT2D eigenvalue weighted by Gasteiger charge is -2.21. The molecular formula is C9H22N2OS. The number of hydrogen-bond acceptors (Lipinski definition) is 4. The SMILES string of the molecule is CSCCC(CN)NC(C)CCO. The van der Waals surface area contributed by atoms with E-state index < -0.39 is 0 Å². The molecule has 0 saturated heterocycles. The van der Waals surface area contributed by atoms with Gasteiger partial charge in [0.2, 0.25) is 0 Å². The van der Waals surface area contributed by atoms with Gasteiger partial charge < -0.3 is 16.2 Å². The first-order valence-electron chi connectivity index (χ1n) is 4.80. The molecule has 4 N–H and O–H groups in total. The van der Waals surface area contributed by atoms with Crippen LogP contribution in [0.1, 0.15) is 19.8 Å². The quantitative estimate of drug-likeness (QED) is 0.539. The van der Waals surface area contributed by atoms with Crippen LogP contribution in [0.2, 0.25) is 0 Å². The summed E-state index contributed by atoms with van der Waals surface area (Å²) in [5, 5.41) is 12.1. The number of aliphatic hydroxyl groups excluding tert-OH is 1. The van der Waals surface area contributed by atoms with E-state index in [0.29, 0.717) is 18.6 Å². The molecule has 0 spiro atoms. The van der Waals surface area contributed by atoms with Gasteiger partial charge in [-0.3, -0.25) is 0 Å². The predicted molar refractivity (Wildman–Crippen MR) is 60.1 cm³/mol. The molecule has 0 aliphatic heterocycles. The molecule has 0 aliphatic rings. The Balaban J connectivity index is 3.56. The highest BCUT2D eigenvalue weighted by Crippen LogP contribution is 2.01. The van der Waals surface area contributed by atoms with Crippen molar-refractivity contribution in [2.24, 2.45) is 5.73 Å². The zero-order valence-corrected chi connectivity index (χ0v) is 9.44. The fourth-order valence-corrected chi connectivity index (χ4v) is 1.73. The number of nitrogens with one attached hydrogen (secondary N) is 1. The van der Waals surface area contributed by atoms with Crippen LogP contribution < -0.4 is 11.1 Å². The summed E-state index contributed by atoms with van der Waals surface area (Å²) in [6.07, 6.45) is 4.01. The van der Waals surface area contributed by atoms with E-state index in [4.69, 9.17) is 10.8 Å².